The zero-order chi connectivity index (χ0) is 12.7. The summed E-state index contributed by atoms with van der Waals surface area (Å²) in [5, 5.41) is 20.3. The summed E-state index contributed by atoms with van der Waals surface area (Å²) in [5.74, 6) is 0.359. The molecule has 1 unspecified atom stereocenters. The first-order chi connectivity index (χ1) is 8.13. The minimum absolute atomic E-state index is 0.182. The summed E-state index contributed by atoms with van der Waals surface area (Å²) in [7, 11) is 0. The highest BCUT2D eigenvalue weighted by atomic mass is 32.2. The SMILES string of the molecule is Nc1ccccc1NC(=O)CSCC(O)CO. The first-order valence-electron chi connectivity index (χ1n) is 5.14. The molecule has 0 aliphatic heterocycles. The fraction of sp³-hybridized carbons (Fsp3) is 0.364. The van der Waals surface area contributed by atoms with Crippen LogP contribution in [-0.2, 0) is 4.79 Å². The van der Waals surface area contributed by atoms with Gasteiger partial charge in [-0.05, 0) is 12.1 Å². The number of benzene rings is 1. The smallest absolute Gasteiger partial charge is 0.234 e. The molecule has 0 radical (unpaired) electrons. The first kappa shape index (κ1) is 13.8. The van der Waals surface area contributed by atoms with Crippen LogP contribution in [0.2, 0.25) is 0 Å². The van der Waals surface area contributed by atoms with Crippen molar-refractivity contribution in [2.45, 2.75) is 6.10 Å². The lowest BCUT2D eigenvalue weighted by atomic mass is 10.3. The van der Waals surface area contributed by atoms with Gasteiger partial charge in [-0.15, -0.1) is 11.8 Å². The molecular formula is C11H16N2O3S. The summed E-state index contributed by atoms with van der Waals surface area (Å²) in [6.45, 7) is -0.291. The second kappa shape index (κ2) is 7.16. The Labute approximate surface area is 104 Å². The number of nitrogens with one attached hydrogen (secondary N) is 1. The van der Waals surface area contributed by atoms with E-state index in [2.05, 4.69) is 5.32 Å². The van der Waals surface area contributed by atoms with Crippen LogP contribution >= 0.6 is 11.8 Å². The Kier molecular flexibility index (Phi) is 5.82. The van der Waals surface area contributed by atoms with Crippen molar-refractivity contribution in [2.24, 2.45) is 0 Å². The number of hydrogen-bond donors (Lipinski definition) is 4. The molecule has 0 aromatic heterocycles. The molecule has 1 amide bonds. The van der Waals surface area contributed by atoms with Crippen LogP contribution in [0.25, 0.3) is 0 Å². The van der Waals surface area contributed by atoms with Gasteiger partial charge in [0, 0.05) is 5.75 Å². The maximum atomic E-state index is 11.5. The van der Waals surface area contributed by atoms with Crippen molar-refractivity contribution in [2.75, 3.05) is 29.2 Å². The van der Waals surface area contributed by atoms with Crippen molar-refractivity contribution in [3.8, 4) is 0 Å². The average molecular weight is 256 g/mol. The molecule has 1 rings (SSSR count). The number of carbonyl (C=O) groups is 1. The normalized spacial score (nSPS) is 12.1. The van der Waals surface area contributed by atoms with E-state index in [1.165, 1.54) is 11.8 Å². The summed E-state index contributed by atoms with van der Waals surface area (Å²) in [4.78, 5) is 11.5. The Morgan fingerprint density at radius 2 is 2.18 bits per heavy atom. The zero-order valence-corrected chi connectivity index (χ0v) is 10.1. The van der Waals surface area contributed by atoms with Crippen molar-refractivity contribution < 1.29 is 15.0 Å². The molecule has 94 valence electrons. The van der Waals surface area contributed by atoms with Crippen molar-refractivity contribution in [3.05, 3.63) is 24.3 Å². The van der Waals surface area contributed by atoms with Crippen LogP contribution in [0.4, 0.5) is 11.4 Å². The van der Waals surface area contributed by atoms with Gasteiger partial charge in [-0.2, -0.15) is 0 Å². The van der Waals surface area contributed by atoms with E-state index in [-0.39, 0.29) is 18.3 Å². The maximum absolute atomic E-state index is 11.5. The lowest BCUT2D eigenvalue weighted by Gasteiger charge is -2.08. The summed E-state index contributed by atoms with van der Waals surface area (Å²) in [6.07, 6.45) is -0.783. The van der Waals surface area contributed by atoms with Crippen molar-refractivity contribution >= 4 is 29.0 Å². The number of thioether (sulfide) groups is 1. The Morgan fingerprint density at radius 1 is 1.47 bits per heavy atom. The number of carbonyl (C=O) groups excluding carboxylic acids is 1. The van der Waals surface area contributed by atoms with Gasteiger partial charge in [-0.25, -0.2) is 0 Å². The van der Waals surface area contributed by atoms with Gasteiger partial charge in [-0.1, -0.05) is 12.1 Å². The van der Waals surface area contributed by atoms with E-state index in [0.29, 0.717) is 17.1 Å². The van der Waals surface area contributed by atoms with Gasteiger partial charge in [0.1, 0.15) is 0 Å². The van der Waals surface area contributed by atoms with Crippen LogP contribution in [0.1, 0.15) is 0 Å². The van der Waals surface area contributed by atoms with Crippen molar-refractivity contribution in [3.63, 3.8) is 0 Å². The fourth-order valence-corrected chi connectivity index (χ4v) is 1.89. The molecule has 0 bridgehead atoms. The van der Waals surface area contributed by atoms with Gasteiger partial charge < -0.3 is 21.3 Å². The number of amides is 1. The first-order valence-corrected chi connectivity index (χ1v) is 6.30. The number of nitrogens with two attached hydrogens (primary N) is 1. The second-order valence-electron chi connectivity index (χ2n) is 3.49. The number of aliphatic hydroxyl groups excluding tert-OH is 2. The lowest BCUT2D eigenvalue weighted by Crippen LogP contribution is -2.19. The van der Waals surface area contributed by atoms with Gasteiger partial charge in [0.2, 0.25) is 5.91 Å². The molecule has 0 saturated heterocycles. The van der Waals surface area contributed by atoms with Crippen LogP contribution in [-0.4, -0.2) is 40.3 Å². The van der Waals surface area contributed by atoms with Crippen LogP contribution in [0, 0.1) is 0 Å². The van der Waals surface area contributed by atoms with E-state index in [0.717, 1.165) is 0 Å². The van der Waals surface area contributed by atoms with Gasteiger partial charge in [0.15, 0.2) is 0 Å². The fourth-order valence-electron chi connectivity index (χ4n) is 1.14. The minimum atomic E-state index is -0.783. The molecule has 0 aliphatic rings. The average Bonchev–Trinajstić information content (AvgIpc) is 2.32. The second-order valence-corrected chi connectivity index (χ2v) is 4.52. The Bertz CT molecular complexity index is 373. The van der Waals surface area contributed by atoms with E-state index in [1.807, 2.05) is 0 Å². The number of hydrogen-bond acceptors (Lipinski definition) is 5. The summed E-state index contributed by atoms with van der Waals surface area (Å²) < 4.78 is 0. The standard InChI is InChI=1S/C11H16N2O3S/c12-9-3-1-2-4-10(9)13-11(16)7-17-6-8(15)5-14/h1-4,8,14-15H,5-7,12H2,(H,13,16). The lowest BCUT2D eigenvalue weighted by molar-refractivity contribution is -0.113. The quantitative estimate of drug-likeness (QED) is 0.549. The highest BCUT2D eigenvalue weighted by molar-refractivity contribution is 8.00. The van der Waals surface area contributed by atoms with Crippen molar-refractivity contribution in [1.82, 2.24) is 0 Å². The number of anilines is 2. The van der Waals surface area contributed by atoms with E-state index < -0.39 is 6.10 Å². The minimum Gasteiger partial charge on any atom is -0.397 e. The number of nitrogen functional groups attached to an aromatic ring is 1. The van der Waals surface area contributed by atoms with Crippen molar-refractivity contribution in [1.29, 1.82) is 0 Å². The Hall–Kier alpha value is -1.24. The summed E-state index contributed by atoms with van der Waals surface area (Å²) >= 11 is 1.26. The molecule has 0 spiro atoms. The summed E-state index contributed by atoms with van der Waals surface area (Å²) in [5.41, 5.74) is 6.77. The monoisotopic (exact) mass is 256 g/mol. The van der Waals surface area contributed by atoms with Crippen LogP contribution in [0.3, 0.4) is 0 Å². The predicted octanol–water partition coefficient (Wildman–Crippen LogP) is 0.294. The topological polar surface area (TPSA) is 95.6 Å². The van der Waals surface area contributed by atoms with E-state index in [4.69, 9.17) is 15.9 Å². The van der Waals surface area contributed by atoms with Gasteiger partial charge in [-0.3, -0.25) is 4.79 Å². The van der Waals surface area contributed by atoms with Gasteiger partial charge in [0.05, 0.1) is 29.8 Å². The van der Waals surface area contributed by atoms with Gasteiger partial charge in [0.25, 0.3) is 0 Å². The molecule has 5 N–H and O–H groups in total. The highest BCUT2D eigenvalue weighted by Gasteiger charge is 2.07. The predicted molar refractivity (Wildman–Crippen MR) is 69.9 cm³/mol. The highest BCUT2D eigenvalue weighted by Crippen LogP contribution is 2.17. The number of para-hydroxylation sites is 2. The maximum Gasteiger partial charge on any atom is 0.234 e. The molecule has 0 heterocycles. The third-order valence-corrected chi connectivity index (χ3v) is 3.08. The molecule has 5 nitrogen and oxygen atoms in total. The molecular weight excluding hydrogens is 240 g/mol. The van der Waals surface area contributed by atoms with E-state index >= 15 is 0 Å². The molecule has 1 atom stereocenters. The van der Waals surface area contributed by atoms with E-state index in [1.54, 1.807) is 24.3 Å². The van der Waals surface area contributed by atoms with Crippen LogP contribution in [0.5, 0.6) is 0 Å². The number of rotatable bonds is 6. The zero-order valence-electron chi connectivity index (χ0n) is 9.30. The third-order valence-electron chi connectivity index (χ3n) is 1.99. The van der Waals surface area contributed by atoms with Crippen LogP contribution in [0.15, 0.2) is 24.3 Å². The molecule has 17 heavy (non-hydrogen) atoms. The largest absolute Gasteiger partial charge is 0.397 e. The van der Waals surface area contributed by atoms with Crippen LogP contribution < -0.4 is 11.1 Å². The summed E-state index contributed by atoms with van der Waals surface area (Å²) in [6, 6.07) is 7.00. The molecule has 0 saturated carbocycles. The molecule has 6 heteroatoms. The third kappa shape index (κ3) is 5.08. The van der Waals surface area contributed by atoms with E-state index in [9.17, 15) is 4.79 Å². The Balaban J connectivity index is 2.33. The molecule has 1 aromatic rings. The molecule has 0 aliphatic carbocycles. The number of aliphatic hydroxyl groups is 2. The Morgan fingerprint density at radius 3 is 2.82 bits per heavy atom. The van der Waals surface area contributed by atoms with Gasteiger partial charge >= 0.3 is 0 Å². The molecule has 1 aromatic carbocycles. The molecule has 0 fully saturated rings.